The summed E-state index contributed by atoms with van der Waals surface area (Å²) in [7, 11) is 0. The first-order valence-electron chi connectivity index (χ1n) is 9.56. The molecule has 0 bridgehead atoms. The van der Waals surface area contributed by atoms with Crippen molar-refractivity contribution in [2.45, 2.75) is 39.0 Å². The molecule has 4 nitrogen and oxygen atoms in total. The third-order valence-corrected chi connectivity index (χ3v) is 4.77. The quantitative estimate of drug-likeness (QED) is 0.729. The van der Waals surface area contributed by atoms with E-state index in [9.17, 15) is 4.79 Å². The van der Waals surface area contributed by atoms with Crippen molar-refractivity contribution in [1.82, 2.24) is 0 Å². The number of anilines is 2. The second-order valence-electron chi connectivity index (χ2n) is 6.86. The van der Waals surface area contributed by atoms with Crippen LogP contribution in [0.5, 0.6) is 5.75 Å². The third kappa shape index (κ3) is 5.25. The van der Waals surface area contributed by atoms with Crippen LogP contribution in [0.1, 0.15) is 37.7 Å². The van der Waals surface area contributed by atoms with E-state index in [1.807, 2.05) is 43.3 Å². The summed E-state index contributed by atoms with van der Waals surface area (Å²) in [5.74, 6) is 0.922. The van der Waals surface area contributed by atoms with Gasteiger partial charge < -0.3 is 15.0 Å². The number of hydrogen-bond acceptors (Lipinski definition) is 3. The van der Waals surface area contributed by atoms with Gasteiger partial charge in [-0.15, -0.1) is 0 Å². The number of carbonyl (C=O) groups is 1. The van der Waals surface area contributed by atoms with Crippen LogP contribution in [0.15, 0.2) is 48.5 Å². The van der Waals surface area contributed by atoms with E-state index >= 15 is 0 Å². The molecule has 3 rings (SSSR count). The zero-order valence-corrected chi connectivity index (χ0v) is 15.5. The van der Waals surface area contributed by atoms with E-state index in [0.29, 0.717) is 19.4 Å². The van der Waals surface area contributed by atoms with E-state index < -0.39 is 0 Å². The minimum absolute atomic E-state index is 0.0316. The molecule has 1 aliphatic rings. The maximum atomic E-state index is 12.1. The van der Waals surface area contributed by atoms with Gasteiger partial charge in [0.25, 0.3) is 0 Å². The van der Waals surface area contributed by atoms with Gasteiger partial charge in [-0.25, -0.2) is 0 Å². The zero-order chi connectivity index (χ0) is 18.2. The lowest BCUT2D eigenvalue weighted by Gasteiger charge is -2.28. The van der Waals surface area contributed by atoms with Gasteiger partial charge in [-0.05, 0) is 68.5 Å². The Labute approximate surface area is 156 Å². The largest absolute Gasteiger partial charge is 0.493 e. The van der Waals surface area contributed by atoms with Crippen LogP contribution in [-0.2, 0) is 4.79 Å². The smallest absolute Gasteiger partial charge is 0.224 e. The Hall–Kier alpha value is -2.49. The lowest BCUT2D eigenvalue weighted by atomic mass is 10.1. The second-order valence-corrected chi connectivity index (χ2v) is 6.86. The van der Waals surface area contributed by atoms with Crippen molar-refractivity contribution in [3.05, 3.63) is 54.1 Å². The Morgan fingerprint density at radius 1 is 1.04 bits per heavy atom. The number of para-hydroxylation sites is 1. The predicted molar refractivity (Wildman–Crippen MR) is 107 cm³/mol. The van der Waals surface area contributed by atoms with Crippen molar-refractivity contribution >= 4 is 17.3 Å². The predicted octanol–water partition coefficient (Wildman–Crippen LogP) is 4.78. The van der Waals surface area contributed by atoms with E-state index in [1.54, 1.807) is 0 Å². The summed E-state index contributed by atoms with van der Waals surface area (Å²) < 4.78 is 5.73. The first-order chi connectivity index (χ1) is 12.7. The molecule has 0 unspecified atom stereocenters. The van der Waals surface area contributed by atoms with Gasteiger partial charge in [0, 0.05) is 30.9 Å². The molecule has 1 fully saturated rings. The van der Waals surface area contributed by atoms with Crippen molar-refractivity contribution < 1.29 is 9.53 Å². The third-order valence-electron chi connectivity index (χ3n) is 4.77. The van der Waals surface area contributed by atoms with E-state index in [1.165, 1.54) is 24.9 Å². The number of nitrogens with one attached hydrogen (secondary N) is 1. The molecule has 1 N–H and O–H groups in total. The summed E-state index contributed by atoms with van der Waals surface area (Å²) in [6.07, 6.45) is 5.02. The van der Waals surface area contributed by atoms with Crippen LogP contribution in [0.2, 0.25) is 0 Å². The first kappa shape index (κ1) is 18.3. The van der Waals surface area contributed by atoms with Crippen LogP contribution < -0.4 is 15.0 Å². The van der Waals surface area contributed by atoms with Gasteiger partial charge >= 0.3 is 0 Å². The van der Waals surface area contributed by atoms with Crippen LogP contribution >= 0.6 is 0 Å². The Kier molecular flexibility index (Phi) is 6.53. The summed E-state index contributed by atoms with van der Waals surface area (Å²) in [6.45, 7) is 4.83. The van der Waals surface area contributed by atoms with E-state index in [2.05, 4.69) is 22.3 Å². The van der Waals surface area contributed by atoms with Gasteiger partial charge in [-0.2, -0.15) is 0 Å². The molecular formula is C22H28N2O2. The lowest BCUT2D eigenvalue weighted by Crippen LogP contribution is -2.29. The molecule has 0 atom stereocenters. The van der Waals surface area contributed by atoms with Crippen molar-refractivity contribution in [1.29, 1.82) is 0 Å². The van der Waals surface area contributed by atoms with E-state index in [4.69, 9.17) is 4.74 Å². The lowest BCUT2D eigenvalue weighted by molar-refractivity contribution is -0.116. The topological polar surface area (TPSA) is 41.6 Å². The van der Waals surface area contributed by atoms with Gasteiger partial charge in [0.1, 0.15) is 5.75 Å². The highest BCUT2D eigenvalue weighted by atomic mass is 16.5. The Morgan fingerprint density at radius 2 is 1.77 bits per heavy atom. The fourth-order valence-corrected chi connectivity index (χ4v) is 3.26. The summed E-state index contributed by atoms with van der Waals surface area (Å²) in [6, 6.07) is 16.1. The standard InChI is InChI=1S/C22H28N2O2/c1-18-8-3-4-9-21(18)26-17-7-10-22(25)23-19-11-13-20(14-12-19)24-15-5-2-6-16-24/h3-4,8-9,11-14H,2,5-7,10,15-17H2,1H3,(H,23,25). The average Bonchev–Trinajstić information content (AvgIpc) is 2.68. The molecule has 4 heteroatoms. The monoisotopic (exact) mass is 352 g/mol. The number of nitrogens with zero attached hydrogens (tertiary/aromatic N) is 1. The van der Waals surface area contributed by atoms with Crippen LogP contribution in [0.3, 0.4) is 0 Å². The molecule has 0 spiro atoms. The molecule has 0 radical (unpaired) electrons. The number of aryl methyl sites for hydroxylation is 1. The maximum Gasteiger partial charge on any atom is 0.224 e. The number of rotatable bonds is 7. The molecule has 0 saturated carbocycles. The van der Waals surface area contributed by atoms with Gasteiger partial charge in [-0.3, -0.25) is 4.79 Å². The van der Waals surface area contributed by atoms with Crippen LogP contribution in [0.25, 0.3) is 0 Å². The molecule has 2 aromatic rings. The van der Waals surface area contributed by atoms with Crippen LogP contribution in [-0.4, -0.2) is 25.6 Å². The number of benzene rings is 2. The minimum atomic E-state index is 0.0316. The molecule has 1 saturated heterocycles. The molecule has 1 heterocycles. The molecule has 0 aromatic heterocycles. The van der Waals surface area contributed by atoms with Gasteiger partial charge in [0.2, 0.25) is 5.91 Å². The molecule has 138 valence electrons. The summed E-state index contributed by atoms with van der Waals surface area (Å²) in [4.78, 5) is 14.5. The molecule has 1 amide bonds. The highest BCUT2D eigenvalue weighted by Crippen LogP contribution is 2.22. The first-order valence-corrected chi connectivity index (χ1v) is 9.56. The van der Waals surface area contributed by atoms with E-state index in [-0.39, 0.29) is 5.91 Å². The fraction of sp³-hybridized carbons (Fsp3) is 0.409. The number of ether oxygens (including phenoxy) is 1. The SMILES string of the molecule is Cc1ccccc1OCCCC(=O)Nc1ccc(N2CCCCC2)cc1. The molecule has 0 aliphatic carbocycles. The number of carbonyl (C=O) groups excluding carboxylic acids is 1. The van der Waals surface area contributed by atoms with Crippen molar-refractivity contribution in [2.24, 2.45) is 0 Å². The van der Waals surface area contributed by atoms with Crippen LogP contribution in [0, 0.1) is 6.92 Å². The summed E-state index contributed by atoms with van der Waals surface area (Å²) in [5.41, 5.74) is 3.22. The minimum Gasteiger partial charge on any atom is -0.493 e. The Morgan fingerprint density at radius 3 is 2.50 bits per heavy atom. The Bertz CT molecular complexity index is 706. The van der Waals surface area contributed by atoms with Gasteiger partial charge in [-0.1, -0.05) is 18.2 Å². The van der Waals surface area contributed by atoms with Gasteiger partial charge in [0.05, 0.1) is 6.61 Å². The summed E-state index contributed by atoms with van der Waals surface area (Å²) >= 11 is 0. The highest BCUT2D eigenvalue weighted by Gasteiger charge is 2.11. The molecule has 2 aromatic carbocycles. The molecular weight excluding hydrogens is 324 g/mol. The second kappa shape index (κ2) is 9.27. The molecule has 26 heavy (non-hydrogen) atoms. The number of amides is 1. The van der Waals surface area contributed by atoms with E-state index in [0.717, 1.165) is 30.1 Å². The fourth-order valence-electron chi connectivity index (χ4n) is 3.26. The maximum absolute atomic E-state index is 12.1. The number of piperidine rings is 1. The summed E-state index contributed by atoms with van der Waals surface area (Å²) in [5, 5.41) is 2.97. The normalized spacial score (nSPS) is 14.1. The van der Waals surface area contributed by atoms with Crippen molar-refractivity contribution in [3.63, 3.8) is 0 Å². The van der Waals surface area contributed by atoms with Gasteiger partial charge in [0.15, 0.2) is 0 Å². The highest BCUT2D eigenvalue weighted by molar-refractivity contribution is 5.90. The molecule has 1 aliphatic heterocycles. The van der Waals surface area contributed by atoms with Crippen molar-refractivity contribution in [2.75, 3.05) is 29.9 Å². The average molecular weight is 352 g/mol. The Balaban J connectivity index is 1.39. The zero-order valence-electron chi connectivity index (χ0n) is 15.5. The van der Waals surface area contributed by atoms with Crippen molar-refractivity contribution in [3.8, 4) is 5.75 Å². The van der Waals surface area contributed by atoms with Crippen LogP contribution in [0.4, 0.5) is 11.4 Å². The number of hydrogen-bond donors (Lipinski definition) is 1.